The Morgan fingerprint density at radius 2 is 1.92 bits per heavy atom. The Morgan fingerprint density at radius 3 is 2.33 bits per heavy atom. The molecule has 0 aliphatic heterocycles. The van der Waals surface area contributed by atoms with Crippen LogP contribution >= 0.6 is 0 Å². The molecule has 0 radical (unpaired) electrons. The maximum Gasteiger partial charge on any atom is 0.0886 e. The summed E-state index contributed by atoms with van der Waals surface area (Å²) < 4.78 is 14.0. The van der Waals surface area contributed by atoms with Crippen molar-refractivity contribution < 1.29 is 4.21 Å². The van der Waals surface area contributed by atoms with Gasteiger partial charge in [-0.1, -0.05) is 13.3 Å². The lowest BCUT2D eigenvalue weighted by atomic mass is 9.85. The zero-order chi connectivity index (χ0) is 8.97. The van der Waals surface area contributed by atoms with Crippen LogP contribution in [0, 0.1) is 5.92 Å². The molecule has 1 atom stereocenters. The molecule has 1 rings (SSSR count). The van der Waals surface area contributed by atoms with Gasteiger partial charge in [0, 0.05) is 12.3 Å². The number of hydrogen-bond acceptors (Lipinski definition) is 1. The van der Waals surface area contributed by atoms with Crippen LogP contribution in [0.2, 0.25) is 0 Å². The Balaban J connectivity index is 2.21. The van der Waals surface area contributed by atoms with E-state index in [2.05, 4.69) is 11.6 Å². The highest BCUT2D eigenvalue weighted by Crippen LogP contribution is 2.26. The third-order valence-electron chi connectivity index (χ3n) is 2.76. The molecule has 0 aromatic carbocycles. The second-order valence-corrected chi connectivity index (χ2v) is 4.84. The highest BCUT2D eigenvalue weighted by molar-refractivity contribution is 7.82. The lowest BCUT2D eigenvalue weighted by Gasteiger charge is -2.27. The minimum Gasteiger partial charge on any atom is -0.243 e. The minimum atomic E-state index is -0.826. The maximum atomic E-state index is 10.9. The van der Waals surface area contributed by atoms with E-state index in [0.29, 0.717) is 6.04 Å². The molecule has 12 heavy (non-hydrogen) atoms. The van der Waals surface area contributed by atoms with Crippen LogP contribution in [0.1, 0.15) is 39.0 Å². The van der Waals surface area contributed by atoms with Gasteiger partial charge in [-0.2, -0.15) is 0 Å². The Morgan fingerprint density at radius 1 is 1.33 bits per heavy atom. The monoisotopic (exact) mass is 189 g/mol. The average Bonchev–Trinajstić information content (AvgIpc) is 2.05. The summed E-state index contributed by atoms with van der Waals surface area (Å²) in [5.74, 6) is 0.924. The molecule has 1 unspecified atom stereocenters. The highest BCUT2D eigenvalue weighted by Gasteiger charge is 2.19. The van der Waals surface area contributed by atoms with E-state index in [0.717, 1.165) is 5.92 Å². The van der Waals surface area contributed by atoms with Crippen molar-refractivity contribution in [3.8, 4) is 0 Å². The molecule has 1 saturated carbocycles. The molecule has 0 heterocycles. The van der Waals surface area contributed by atoms with Gasteiger partial charge in [-0.15, -0.1) is 0 Å². The number of nitrogens with one attached hydrogen (secondary N) is 1. The minimum absolute atomic E-state index is 0.513. The van der Waals surface area contributed by atoms with Crippen LogP contribution in [-0.4, -0.2) is 16.5 Å². The number of hydrogen-bond donors (Lipinski definition) is 1. The van der Waals surface area contributed by atoms with E-state index >= 15 is 0 Å². The first-order valence-electron chi connectivity index (χ1n) is 4.82. The fourth-order valence-corrected chi connectivity index (χ4v) is 2.63. The van der Waals surface area contributed by atoms with E-state index in [1.807, 2.05) is 0 Å². The van der Waals surface area contributed by atoms with Gasteiger partial charge in [0.05, 0.1) is 11.0 Å². The summed E-state index contributed by atoms with van der Waals surface area (Å²) in [4.78, 5) is 0. The quantitative estimate of drug-likeness (QED) is 0.721. The van der Waals surface area contributed by atoms with Crippen LogP contribution in [-0.2, 0) is 11.0 Å². The first kappa shape index (κ1) is 10.2. The fraction of sp³-hybridized carbons (Fsp3) is 1.00. The zero-order valence-corrected chi connectivity index (χ0v) is 8.82. The van der Waals surface area contributed by atoms with Gasteiger partial charge in [0.15, 0.2) is 0 Å². The van der Waals surface area contributed by atoms with Crippen LogP contribution in [0.5, 0.6) is 0 Å². The SMILES string of the molecule is CCC1CCC(NS(C)=O)CC1. The molecule has 72 valence electrons. The first-order chi connectivity index (χ1) is 5.72. The normalized spacial score (nSPS) is 33.2. The smallest absolute Gasteiger partial charge is 0.0886 e. The predicted molar refractivity (Wildman–Crippen MR) is 53.2 cm³/mol. The first-order valence-corrected chi connectivity index (χ1v) is 6.37. The van der Waals surface area contributed by atoms with Gasteiger partial charge < -0.3 is 0 Å². The molecule has 0 aromatic rings. The Hall–Kier alpha value is 0.110. The molecule has 1 N–H and O–H groups in total. The van der Waals surface area contributed by atoms with Gasteiger partial charge in [0.25, 0.3) is 0 Å². The van der Waals surface area contributed by atoms with Crippen molar-refractivity contribution in [3.05, 3.63) is 0 Å². The summed E-state index contributed by atoms with van der Waals surface area (Å²) >= 11 is 0. The van der Waals surface area contributed by atoms with E-state index < -0.39 is 11.0 Å². The van der Waals surface area contributed by atoms with Gasteiger partial charge in [-0.25, -0.2) is 8.93 Å². The van der Waals surface area contributed by atoms with Crippen LogP contribution in [0.15, 0.2) is 0 Å². The summed E-state index contributed by atoms with van der Waals surface area (Å²) in [6.07, 6.45) is 8.06. The summed E-state index contributed by atoms with van der Waals surface area (Å²) in [6.45, 7) is 2.26. The van der Waals surface area contributed by atoms with Crippen molar-refractivity contribution in [2.45, 2.75) is 45.1 Å². The lowest BCUT2D eigenvalue weighted by molar-refractivity contribution is 0.308. The van der Waals surface area contributed by atoms with E-state index in [1.165, 1.54) is 32.1 Å². The predicted octanol–water partition coefficient (Wildman–Crippen LogP) is 1.84. The van der Waals surface area contributed by atoms with Gasteiger partial charge in [0.2, 0.25) is 0 Å². The van der Waals surface area contributed by atoms with Crippen molar-refractivity contribution in [1.82, 2.24) is 4.72 Å². The van der Waals surface area contributed by atoms with Gasteiger partial charge in [-0.05, 0) is 31.6 Å². The Kier molecular flexibility index (Phi) is 4.22. The molecular weight excluding hydrogens is 170 g/mol. The molecule has 2 nitrogen and oxygen atoms in total. The fourth-order valence-electron chi connectivity index (χ4n) is 1.92. The maximum absolute atomic E-state index is 10.9. The van der Waals surface area contributed by atoms with Crippen LogP contribution in [0.4, 0.5) is 0 Å². The van der Waals surface area contributed by atoms with Crippen LogP contribution in [0.25, 0.3) is 0 Å². The van der Waals surface area contributed by atoms with Crippen molar-refractivity contribution in [1.29, 1.82) is 0 Å². The zero-order valence-electron chi connectivity index (χ0n) is 8.01. The molecule has 1 aliphatic carbocycles. The Labute approximate surface area is 77.7 Å². The molecule has 1 fully saturated rings. The molecule has 3 heteroatoms. The summed E-state index contributed by atoms with van der Waals surface area (Å²) in [5, 5.41) is 0. The van der Waals surface area contributed by atoms with Gasteiger partial charge >= 0.3 is 0 Å². The standard InChI is InChI=1S/C9H19NOS/c1-3-8-4-6-9(7-5-8)10-12(2)11/h8-10H,3-7H2,1-2H3. The van der Waals surface area contributed by atoms with Crippen molar-refractivity contribution in [3.63, 3.8) is 0 Å². The van der Waals surface area contributed by atoms with Crippen molar-refractivity contribution in [2.75, 3.05) is 6.26 Å². The Bertz CT molecular complexity index is 153. The van der Waals surface area contributed by atoms with Crippen molar-refractivity contribution >= 4 is 11.0 Å². The second-order valence-electron chi connectivity index (χ2n) is 3.70. The largest absolute Gasteiger partial charge is 0.243 e. The summed E-state index contributed by atoms with van der Waals surface area (Å²) in [5.41, 5.74) is 0. The molecular formula is C9H19NOS. The van der Waals surface area contributed by atoms with Crippen LogP contribution < -0.4 is 4.72 Å². The van der Waals surface area contributed by atoms with Gasteiger partial charge in [-0.3, -0.25) is 0 Å². The summed E-state index contributed by atoms with van der Waals surface area (Å²) in [7, 11) is -0.826. The van der Waals surface area contributed by atoms with E-state index in [1.54, 1.807) is 6.26 Å². The van der Waals surface area contributed by atoms with Gasteiger partial charge in [0.1, 0.15) is 0 Å². The number of rotatable bonds is 3. The highest BCUT2D eigenvalue weighted by atomic mass is 32.2. The summed E-state index contributed by atoms with van der Waals surface area (Å²) in [6, 6.07) is 0.513. The van der Waals surface area contributed by atoms with E-state index in [9.17, 15) is 4.21 Å². The third kappa shape index (κ3) is 3.23. The molecule has 1 aliphatic rings. The van der Waals surface area contributed by atoms with E-state index in [-0.39, 0.29) is 0 Å². The topological polar surface area (TPSA) is 29.1 Å². The second kappa shape index (κ2) is 4.97. The molecule has 0 aromatic heterocycles. The van der Waals surface area contributed by atoms with E-state index in [4.69, 9.17) is 0 Å². The molecule has 0 bridgehead atoms. The molecule has 0 spiro atoms. The van der Waals surface area contributed by atoms with Crippen molar-refractivity contribution in [2.24, 2.45) is 5.92 Å². The van der Waals surface area contributed by atoms with Crippen LogP contribution in [0.3, 0.4) is 0 Å². The third-order valence-corrected chi connectivity index (χ3v) is 3.42. The lowest BCUT2D eigenvalue weighted by Crippen LogP contribution is -2.33. The molecule has 0 saturated heterocycles. The molecule has 0 amide bonds. The average molecular weight is 189 g/mol.